The number of amides is 1. The largest absolute Gasteiger partial charge is 0.381 e. The maximum atomic E-state index is 12.4. The van der Waals surface area contributed by atoms with Gasteiger partial charge in [0, 0.05) is 24.9 Å². The van der Waals surface area contributed by atoms with Gasteiger partial charge >= 0.3 is 0 Å². The van der Waals surface area contributed by atoms with Crippen LogP contribution in [-0.4, -0.2) is 39.1 Å². The Morgan fingerprint density at radius 1 is 1.38 bits per heavy atom. The first-order valence-electron chi connectivity index (χ1n) is 8.07. The third-order valence-electron chi connectivity index (χ3n) is 4.21. The minimum absolute atomic E-state index is 0.110. The molecule has 1 atom stereocenters. The third kappa shape index (κ3) is 4.54. The van der Waals surface area contributed by atoms with Crippen LogP contribution in [0.1, 0.15) is 33.1 Å². The molecule has 1 fully saturated rings. The fourth-order valence-electron chi connectivity index (χ4n) is 2.38. The Labute approximate surface area is 143 Å². The van der Waals surface area contributed by atoms with Crippen LogP contribution in [-0.2, 0) is 19.6 Å². The van der Waals surface area contributed by atoms with E-state index in [1.54, 1.807) is 19.1 Å². The molecule has 1 aromatic carbocycles. The van der Waals surface area contributed by atoms with Gasteiger partial charge in [0.05, 0.1) is 4.90 Å². The van der Waals surface area contributed by atoms with Crippen molar-refractivity contribution in [2.75, 3.05) is 18.5 Å². The molecular weight excluding hydrogens is 330 g/mol. The van der Waals surface area contributed by atoms with Gasteiger partial charge in [-0.05, 0) is 44.4 Å². The maximum absolute atomic E-state index is 12.4. The molecule has 1 aliphatic rings. The zero-order chi connectivity index (χ0) is 17.8. The molecule has 0 bridgehead atoms. The lowest BCUT2D eigenvalue weighted by molar-refractivity contribution is -0.124. The average molecular weight is 355 g/mol. The number of carbonyl (C=O) groups is 1. The summed E-state index contributed by atoms with van der Waals surface area (Å²) in [5.41, 5.74) is 5.56. The first kappa shape index (κ1) is 18.9. The molecule has 134 valence electrons. The van der Waals surface area contributed by atoms with Gasteiger partial charge in [-0.15, -0.1) is 0 Å². The smallest absolute Gasteiger partial charge is 0.244 e. The molecule has 0 radical (unpaired) electrons. The number of hydrogen-bond donors (Lipinski definition) is 3. The van der Waals surface area contributed by atoms with E-state index in [1.807, 2.05) is 6.92 Å². The first-order valence-corrected chi connectivity index (χ1v) is 9.55. The van der Waals surface area contributed by atoms with Gasteiger partial charge in [0.25, 0.3) is 0 Å². The highest BCUT2D eigenvalue weighted by atomic mass is 32.2. The molecule has 0 saturated carbocycles. The lowest BCUT2D eigenvalue weighted by Gasteiger charge is -2.31. The maximum Gasteiger partial charge on any atom is 0.244 e. The van der Waals surface area contributed by atoms with Crippen LogP contribution in [0.3, 0.4) is 0 Å². The molecule has 1 unspecified atom stereocenters. The molecule has 4 N–H and O–H groups in total. The Kier molecular flexibility index (Phi) is 5.97. The van der Waals surface area contributed by atoms with Crippen LogP contribution in [0.15, 0.2) is 29.2 Å². The lowest BCUT2D eigenvalue weighted by atomic mass is 9.90. The van der Waals surface area contributed by atoms with E-state index < -0.39 is 15.6 Å². The fourth-order valence-corrected chi connectivity index (χ4v) is 3.75. The summed E-state index contributed by atoms with van der Waals surface area (Å²) >= 11 is 0. The van der Waals surface area contributed by atoms with Gasteiger partial charge in [0.15, 0.2) is 0 Å². The van der Waals surface area contributed by atoms with E-state index >= 15 is 0 Å². The van der Waals surface area contributed by atoms with Crippen LogP contribution >= 0.6 is 0 Å². The van der Waals surface area contributed by atoms with Crippen molar-refractivity contribution in [3.8, 4) is 0 Å². The van der Waals surface area contributed by atoms with Crippen molar-refractivity contribution in [3.63, 3.8) is 0 Å². The normalized spacial score (nSPS) is 18.8. The number of sulfonamides is 1. The number of carbonyl (C=O) groups excluding carboxylic acids is 1. The standard InChI is InChI=1S/C16H25N3O4S/c1-3-12(2)19-24(21,22)14-6-4-5-13(11-14)18-15(20)16(17)7-9-23-10-8-16/h4-6,11-12,19H,3,7-10,17H2,1-2H3,(H,18,20). The number of hydrogen-bond acceptors (Lipinski definition) is 5. The van der Waals surface area contributed by atoms with E-state index in [9.17, 15) is 13.2 Å². The van der Waals surface area contributed by atoms with Gasteiger partial charge in [-0.3, -0.25) is 4.79 Å². The summed E-state index contributed by atoms with van der Waals surface area (Å²) in [5, 5.41) is 2.72. The van der Waals surface area contributed by atoms with E-state index in [2.05, 4.69) is 10.0 Å². The third-order valence-corrected chi connectivity index (χ3v) is 5.80. The van der Waals surface area contributed by atoms with Crippen molar-refractivity contribution in [2.24, 2.45) is 5.73 Å². The number of nitrogens with one attached hydrogen (secondary N) is 2. The molecule has 8 heteroatoms. The van der Waals surface area contributed by atoms with E-state index in [0.717, 1.165) is 0 Å². The monoisotopic (exact) mass is 355 g/mol. The number of benzene rings is 1. The summed E-state index contributed by atoms with van der Waals surface area (Å²) in [7, 11) is -3.62. The van der Waals surface area contributed by atoms with Gasteiger partial charge < -0.3 is 15.8 Å². The number of rotatable bonds is 6. The average Bonchev–Trinajstić information content (AvgIpc) is 2.55. The molecule has 24 heavy (non-hydrogen) atoms. The quantitative estimate of drug-likeness (QED) is 0.710. The Morgan fingerprint density at radius 2 is 2.04 bits per heavy atom. The zero-order valence-electron chi connectivity index (χ0n) is 14.0. The molecule has 1 aromatic rings. The Hall–Kier alpha value is -1.48. The van der Waals surface area contributed by atoms with Gasteiger partial charge in [-0.2, -0.15) is 0 Å². The van der Waals surface area contributed by atoms with E-state index in [0.29, 0.717) is 38.2 Å². The van der Waals surface area contributed by atoms with Gasteiger partial charge in [-0.1, -0.05) is 13.0 Å². The molecule has 2 rings (SSSR count). The molecule has 1 saturated heterocycles. The van der Waals surface area contributed by atoms with Gasteiger partial charge in [-0.25, -0.2) is 13.1 Å². The fraction of sp³-hybridized carbons (Fsp3) is 0.562. The molecule has 1 heterocycles. The molecular formula is C16H25N3O4S. The highest BCUT2D eigenvalue weighted by molar-refractivity contribution is 7.89. The topological polar surface area (TPSA) is 111 Å². The van der Waals surface area contributed by atoms with Crippen molar-refractivity contribution in [1.29, 1.82) is 0 Å². The summed E-state index contributed by atoms with van der Waals surface area (Å²) in [6.07, 6.45) is 1.56. The number of ether oxygens (including phenoxy) is 1. The van der Waals surface area contributed by atoms with Crippen molar-refractivity contribution >= 4 is 21.6 Å². The first-order chi connectivity index (χ1) is 11.3. The molecule has 1 aliphatic heterocycles. The van der Waals surface area contributed by atoms with Crippen molar-refractivity contribution in [3.05, 3.63) is 24.3 Å². The van der Waals surface area contributed by atoms with Crippen LogP contribution in [0.5, 0.6) is 0 Å². The number of nitrogens with two attached hydrogens (primary N) is 1. The van der Waals surface area contributed by atoms with Crippen LogP contribution in [0.4, 0.5) is 5.69 Å². The minimum Gasteiger partial charge on any atom is -0.381 e. The minimum atomic E-state index is -3.62. The molecule has 1 amide bonds. The second-order valence-electron chi connectivity index (χ2n) is 6.18. The van der Waals surface area contributed by atoms with Crippen molar-refractivity contribution in [1.82, 2.24) is 4.72 Å². The summed E-state index contributed by atoms with van der Waals surface area (Å²) in [6, 6.07) is 6.00. The Balaban J connectivity index is 2.14. The predicted molar refractivity (Wildman–Crippen MR) is 92.1 cm³/mol. The zero-order valence-corrected chi connectivity index (χ0v) is 14.9. The summed E-state index contributed by atoms with van der Waals surface area (Å²) in [6.45, 7) is 4.58. The molecule has 0 aliphatic carbocycles. The van der Waals surface area contributed by atoms with E-state index in [4.69, 9.17) is 10.5 Å². The Morgan fingerprint density at radius 3 is 2.67 bits per heavy atom. The highest BCUT2D eigenvalue weighted by Gasteiger charge is 2.36. The summed E-state index contributed by atoms with van der Waals surface area (Å²) in [5.74, 6) is -0.324. The highest BCUT2D eigenvalue weighted by Crippen LogP contribution is 2.22. The second kappa shape index (κ2) is 7.60. The van der Waals surface area contributed by atoms with Crippen LogP contribution in [0, 0.1) is 0 Å². The van der Waals surface area contributed by atoms with Crippen LogP contribution in [0.2, 0.25) is 0 Å². The predicted octanol–water partition coefficient (Wildman–Crippen LogP) is 1.21. The summed E-state index contributed by atoms with van der Waals surface area (Å²) in [4.78, 5) is 12.5. The number of anilines is 1. The molecule has 0 aromatic heterocycles. The van der Waals surface area contributed by atoms with Crippen molar-refractivity contribution in [2.45, 2.75) is 49.6 Å². The Bertz CT molecular complexity index is 684. The van der Waals surface area contributed by atoms with E-state index in [-0.39, 0.29) is 16.8 Å². The van der Waals surface area contributed by atoms with Crippen LogP contribution in [0.25, 0.3) is 0 Å². The molecule has 7 nitrogen and oxygen atoms in total. The van der Waals surface area contributed by atoms with E-state index in [1.165, 1.54) is 12.1 Å². The SMILES string of the molecule is CCC(C)NS(=O)(=O)c1cccc(NC(=O)C2(N)CCOCC2)c1. The summed E-state index contributed by atoms with van der Waals surface area (Å²) < 4.78 is 32.5. The van der Waals surface area contributed by atoms with Gasteiger partial charge in [0.2, 0.25) is 15.9 Å². The lowest BCUT2D eigenvalue weighted by Crippen LogP contribution is -2.54. The molecule has 0 spiro atoms. The van der Waals surface area contributed by atoms with Crippen molar-refractivity contribution < 1.29 is 17.9 Å². The second-order valence-corrected chi connectivity index (χ2v) is 7.90. The van der Waals surface area contributed by atoms with Gasteiger partial charge in [0.1, 0.15) is 5.54 Å². The van der Waals surface area contributed by atoms with Crippen LogP contribution < -0.4 is 15.8 Å².